The first-order chi connectivity index (χ1) is 11.2. The number of carbonyl (C=O) groups is 2. The number of anilines is 1. The van der Waals surface area contributed by atoms with Crippen molar-refractivity contribution in [1.29, 1.82) is 0 Å². The van der Waals surface area contributed by atoms with Crippen molar-refractivity contribution >= 4 is 28.2 Å². The van der Waals surface area contributed by atoms with E-state index in [-0.39, 0.29) is 5.91 Å². The molecule has 0 spiro atoms. The zero-order valence-corrected chi connectivity index (χ0v) is 13.0. The van der Waals surface area contributed by atoms with E-state index in [0.29, 0.717) is 15.4 Å². The van der Waals surface area contributed by atoms with Gasteiger partial charge in [0.25, 0.3) is 5.91 Å². The van der Waals surface area contributed by atoms with Crippen molar-refractivity contribution in [3.8, 4) is 5.69 Å². The Kier molecular flexibility index (Phi) is 4.20. The van der Waals surface area contributed by atoms with Gasteiger partial charge in [-0.3, -0.25) is 4.79 Å². The average molecular weight is 327 g/mol. The van der Waals surface area contributed by atoms with E-state index in [0.717, 1.165) is 5.69 Å². The number of aromatic nitrogens is 2. The van der Waals surface area contributed by atoms with Gasteiger partial charge < -0.3 is 10.1 Å². The molecule has 116 valence electrons. The minimum absolute atomic E-state index is 0.253. The number of esters is 1. The first kappa shape index (κ1) is 15.0. The highest BCUT2D eigenvalue weighted by Gasteiger charge is 2.12. The van der Waals surface area contributed by atoms with Gasteiger partial charge in [0.05, 0.1) is 17.8 Å². The molecule has 0 atom stereocenters. The summed E-state index contributed by atoms with van der Waals surface area (Å²) in [6, 6.07) is 12.2. The second-order valence-electron chi connectivity index (χ2n) is 4.61. The predicted octanol–water partition coefficient (Wildman–Crippen LogP) is 2.97. The number of nitrogens with zero attached hydrogens (tertiary/aromatic N) is 2. The SMILES string of the molecule is COC(=O)c1ccc(NC(=O)c2cccc(-n3cccn3)c2)s1. The second kappa shape index (κ2) is 6.45. The maximum atomic E-state index is 12.3. The largest absolute Gasteiger partial charge is 0.465 e. The summed E-state index contributed by atoms with van der Waals surface area (Å²) < 4.78 is 6.32. The maximum absolute atomic E-state index is 12.3. The normalized spacial score (nSPS) is 10.3. The fourth-order valence-electron chi connectivity index (χ4n) is 2.01. The Morgan fingerprint density at radius 3 is 2.83 bits per heavy atom. The van der Waals surface area contributed by atoms with Crippen molar-refractivity contribution in [2.24, 2.45) is 0 Å². The molecular formula is C16H13N3O3S. The van der Waals surface area contributed by atoms with Crippen LogP contribution in [0, 0.1) is 0 Å². The average Bonchev–Trinajstić information content (AvgIpc) is 3.26. The van der Waals surface area contributed by atoms with Crippen LogP contribution in [0.15, 0.2) is 54.9 Å². The summed E-state index contributed by atoms with van der Waals surface area (Å²) in [5, 5.41) is 7.49. The van der Waals surface area contributed by atoms with E-state index in [1.165, 1.54) is 18.4 Å². The number of ether oxygens (including phenoxy) is 1. The monoisotopic (exact) mass is 327 g/mol. The summed E-state index contributed by atoms with van der Waals surface area (Å²) in [5.41, 5.74) is 1.30. The van der Waals surface area contributed by atoms with Crippen LogP contribution in [0.2, 0.25) is 0 Å². The Bertz CT molecular complexity index is 840. The standard InChI is InChI=1S/C16H13N3O3S/c1-22-16(21)13-6-7-14(23-13)18-15(20)11-4-2-5-12(10-11)19-9-3-8-17-19/h2-10H,1H3,(H,18,20). The molecule has 1 aromatic carbocycles. The van der Waals surface area contributed by atoms with Gasteiger partial charge in [0.15, 0.2) is 0 Å². The summed E-state index contributed by atoms with van der Waals surface area (Å²) in [5.74, 6) is -0.673. The van der Waals surface area contributed by atoms with E-state index in [2.05, 4.69) is 15.2 Å². The lowest BCUT2D eigenvalue weighted by atomic mass is 10.2. The molecule has 0 fully saturated rings. The van der Waals surface area contributed by atoms with Crippen LogP contribution >= 0.6 is 11.3 Å². The van der Waals surface area contributed by atoms with Crippen LogP contribution in [0.4, 0.5) is 5.00 Å². The predicted molar refractivity (Wildman–Crippen MR) is 87.2 cm³/mol. The summed E-state index contributed by atoms with van der Waals surface area (Å²) >= 11 is 1.17. The van der Waals surface area contributed by atoms with Crippen LogP contribution in [-0.4, -0.2) is 28.8 Å². The molecule has 3 aromatic rings. The zero-order valence-electron chi connectivity index (χ0n) is 12.2. The van der Waals surface area contributed by atoms with E-state index in [9.17, 15) is 9.59 Å². The Labute approximate surface area is 136 Å². The zero-order chi connectivity index (χ0) is 16.2. The summed E-state index contributed by atoms with van der Waals surface area (Å²) in [7, 11) is 1.32. The van der Waals surface area contributed by atoms with Crippen LogP contribution in [0.25, 0.3) is 5.69 Å². The van der Waals surface area contributed by atoms with Crippen LogP contribution in [-0.2, 0) is 4.74 Å². The summed E-state index contributed by atoms with van der Waals surface area (Å²) in [6.07, 6.45) is 3.48. The first-order valence-electron chi connectivity index (χ1n) is 6.77. The number of amides is 1. The number of hydrogen-bond acceptors (Lipinski definition) is 5. The van der Waals surface area contributed by atoms with Gasteiger partial charge in [-0.25, -0.2) is 9.48 Å². The molecule has 2 aromatic heterocycles. The minimum Gasteiger partial charge on any atom is -0.465 e. The molecular weight excluding hydrogens is 314 g/mol. The van der Waals surface area contributed by atoms with E-state index in [4.69, 9.17) is 0 Å². The number of nitrogens with one attached hydrogen (secondary N) is 1. The van der Waals surface area contributed by atoms with Crippen molar-refractivity contribution in [3.63, 3.8) is 0 Å². The number of hydrogen-bond donors (Lipinski definition) is 1. The molecule has 0 saturated heterocycles. The molecule has 0 saturated carbocycles. The van der Waals surface area contributed by atoms with Crippen LogP contribution in [0.3, 0.4) is 0 Å². The fraction of sp³-hybridized carbons (Fsp3) is 0.0625. The fourth-order valence-corrected chi connectivity index (χ4v) is 2.83. The van der Waals surface area contributed by atoms with Crippen molar-refractivity contribution < 1.29 is 14.3 Å². The number of carbonyl (C=O) groups excluding carboxylic acids is 2. The van der Waals surface area contributed by atoms with E-state index in [1.807, 2.05) is 12.1 Å². The highest BCUT2D eigenvalue weighted by molar-refractivity contribution is 7.18. The molecule has 2 heterocycles. The third-order valence-corrected chi connectivity index (χ3v) is 4.09. The van der Waals surface area contributed by atoms with Gasteiger partial charge in [-0.1, -0.05) is 6.07 Å². The Morgan fingerprint density at radius 1 is 1.22 bits per heavy atom. The second-order valence-corrected chi connectivity index (χ2v) is 5.69. The van der Waals surface area contributed by atoms with E-state index in [1.54, 1.807) is 47.4 Å². The number of thiophene rings is 1. The lowest BCUT2D eigenvalue weighted by molar-refractivity contribution is 0.0606. The Morgan fingerprint density at radius 2 is 2.09 bits per heavy atom. The van der Waals surface area contributed by atoms with Gasteiger partial charge in [-0.05, 0) is 36.4 Å². The van der Waals surface area contributed by atoms with Gasteiger partial charge in [0.1, 0.15) is 4.88 Å². The molecule has 23 heavy (non-hydrogen) atoms. The van der Waals surface area contributed by atoms with Gasteiger partial charge >= 0.3 is 5.97 Å². The Hall–Kier alpha value is -2.93. The Balaban J connectivity index is 1.77. The number of benzene rings is 1. The van der Waals surface area contributed by atoms with Crippen molar-refractivity contribution in [1.82, 2.24) is 9.78 Å². The molecule has 0 aliphatic rings. The molecule has 0 aliphatic heterocycles. The van der Waals surface area contributed by atoms with E-state index < -0.39 is 5.97 Å². The highest BCUT2D eigenvalue weighted by atomic mass is 32.1. The first-order valence-corrected chi connectivity index (χ1v) is 7.58. The summed E-state index contributed by atoms with van der Waals surface area (Å²) in [6.45, 7) is 0. The number of methoxy groups -OCH3 is 1. The highest BCUT2D eigenvalue weighted by Crippen LogP contribution is 2.23. The van der Waals surface area contributed by atoms with Crippen LogP contribution in [0.1, 0.15) is 20.0 Å². The third-order valence-electron chi connectivity index (χ3n) is 3.11. The van der Waals surface area contributed by atoms with Crippen LogP contribution in [0.5, 0.6) is 0 Å². The minimum atomic E-state index is -0.420. The van der Waals surface area contributed by atoms with Crippen molar-refractivity contribution in [2.75, 3.05) is 12.4 Å². The molecule has 1 N–H and O–H groups in total. The molecule has 7 heteroatoms. The maximum Gasteiger partial charge on any atom is 0.348 e. The van der Waals surface area contributed by atoms with Gasteiger partial charge in [0.2, 0.25) is 0 Å². The molecule has 3 rings (SSSR count). The molecule has 0 radical (unpaired) electrons. The van der Waals surface area contributed by atoms with Crippen molar-refractivity contribution in [3.05, 3.63) is 65.3 Å². The molecule has 0 aliphatic carbocycles. The topological polar surface area (TPSA) is 73.2 Å². The molecule has 6 nitrogen and oxygen atoms in total. The summed E-state index contributed by atoms with van der Waals surface area (Å²) in [4.78, 5) is 24.2. The molecule has 0 unspecified atom stereocenters. The lowest BCUT2D eigenvalue weighted by Crippen LogP contribution is -2.11. The third kappa shape index (κ3) is 3.29. The lowest BCUT2D eigenvalue weighted by Gasteiger charge is -2.05. The van der Waals surface area contributed by atoms with E-state index >= 15 is 0 Å². The van der Waals surface area contributed by atoms with Gasteiger partial charge in [0, 0.05) is 18.0 Å². The van der Waals surface area contributed by atoms with Crippen molar-refractivity contribution in [2.45, 2.75) is 0 Å². The molecule has 1 amide bonds. The number of rotatable bonds is 4. The molecule has 0 bridgehead atoms. The smallest absolute Gasteiger partial charge is 0.348 e. The van der Waals surface area contributed by atoms with Crippen LogP contribution < -0.4 is 5.32 Å². The quantitative estimate of drug-likeness (QED) is 0.748. The van der Waals surface area contributed by atoms with Gasteiger partial charge in [-0.2, -0.15) is 5.10 Å². The van der Waals surface area contributed by atoms with Gasteiger partial charge in [-0.15, -0.1) is 11.3 Å².